The molecule has 2 aromatic heterocycles. The monoisotopic (exact) mass is 417 g/mol. The van der Waals surface area contributed by atoms with Gasteiger partial charge in [0.15, 0.2) is 0 Å². The Balaban J connectivity index is 1.50. The van der Waals surface area contributed by atoms with Gasteiger partial charge in [-0.05, 0) is 37.1 Å². The number of nitrogens with zero attached hydrogens (tertiary/aromatic N) is 2. The number of H-pyrrole nitrogens is 1. The van der Waals surface area contributed by atoms with Crippen molar-refractivity contribution in [2.75, 3.05) is 7.11 Å². The second-order valence-corrected chi connectivity index (χ2v) is 7.57. The summed E-state index contributed by atoms with van der Waals surface area (Å²) in [6.07, 6.45) is 3.32. The summed E-state index contributed by atoms with van der Waals surface area (Å²) in [7, 11) is 1.53. The van der Waals surface area contributed by atoms with Gasteiger partial charge < -0.3 is 14.5 Å². The van der Waals surface area contributed by atoms with Crippen LogP contribution in [0.25, 0.3) is 11.3 Å². The largest absolute Gasteiger partial charge is 0.496 e. The first kappa shape index (κ1) is 20.3. The lowest BCUT2D eigenvalue weighted by Gasteiger charge is -2.12. The number of hydrogen-bond acceptors (Lipinski definition) is 4. The molecular weight excluding hydrogens is 395 g/mol. The minimum absolute atomic E-state index is 0.0152. The van der Waals surface area contributed by atoms with Crippen LogP contribution in [0.4, 0.5) is 13.2 Å². The molecule has 1 N–H and O–H groups in total. The molecule has 0 amide bonds. The van der Waals surface area contributed by atoms with Gasteiger partial charge in [-0.1, -0.05) is 0 Å². The molecular formula is C22H22F3N3O2. The van der Waals surface area contributed by atoms with Crippen LogP contribution < -0.4 is 9.47 Å². The van der Waals surface area contributed by atoms with E-state index < -0.39 is 11.7 Å². The Bertz CT molecular complexity index is 1050. The molecule has 158 valence electrons. The Kier molecular flexibility index (Phi) is 5.40. The molecule has 0 bridgehead atoms. The van der Waals surface area contributed by atoms with Crippen molar-refractivity contribution in [1.82, 2.24) is 15.0 Å². The Hall–Kier alpha value is -3.03. The van der Waals surface area contributed by atoms with E-state index in [1.807, 2.05) is 0 Å². The summed E-state index contributed by atoms with van der Waals surface area (Å²) in [4.78, 5) is 11.5. The summed E-state index contributed by atoms with van der Waals surface area (Å²) in [6.45, 7) is 1.75. The van der Waals surface area contributed by atoms with E-state index >= 15 is 0 Å². The lowest BCUT2D eigenvalue weighted by molar-refractivity contribution is 0.00756. The maximum atomic E-state index is 13.9. The molecule has 8 heteroatoms. The van der Waals surface area contributed by atoms with Crippen molar-refractivity contribution in [1.29, 1.82) is 0 Å². The summed E-state index contributed by atoms with van der Waals surface area (Å²) in [5, 5.41) is 0. The Morgan fingerprint density at radius 3 is 2.73 bits per heavy atom. The van der Waals surface area contributed by atoms with E-state index in [1.54, 1.807) is 37.5 Å². The summed E-state index contributed by atoms with van der Waals surface area (Å²) in [6, 6.07) is 6.61. The lowest BCUT2D eigenvalue weighted by Crippen LogP contribution is -2.09. The highest BCUT2D eigenvalue weighted by Gasteiger charge is 2.41. The van der Waals surface area contributed by atoms with E-state index in [-0.39, 0.29) is 31.1 Å². The highest BCUT2D eigenvalue weighted by atomic mass is 19.3. The number of pyridine rings is 1. The number of alkyl halides is 2. The number of aromatic nitrogens is 3. The van der Waals surface area contributed by atoms with Crippen LogP contribution >= 0.6 is 0 Å². The number of aromatic amines is 1. The third-order valence-corrected chi connectivity index (χ3v) is 5.28. The van der Waals surface area contributed by atoms with Crippen molar-refractivity contribution >= 4 is 0 Å². The van der Waals surface area contributed by atoms with Crippen LogP contribution in [-0.2, 0) is 6.61 Å². The van der Waals surface area contributed by atoms with Crippen molar-refractivity contribution in [3.8, 4) is 22.8 Å². The van der Waals surface area contributed by atoms with Crippen LogP contribution in [0, 0.1) is 12.7 Å². The zero-order chi connectivity index (χ0) is 21.3. The number of hydrogen-bond donors (Lipinski definition) is 1. The third kappa shape index (κ3) is 4.27. The van der Waals surface area contributed by atoms with Crippen LogP contribution in [0.1, 0.15) is 42.3 Å². The SMILES string of the molecule is COc1cc(OCc2ncc(C)cc2F)ccc1-c1cnc(C2CCC(F)(F)C2)[nH]1. The van der Waals surface area contributed by atoms with Crippen molar-refractivity contribution < 1.29 is 22.6 Å². The Morgan fingerprint density at radius 1 is 1.20 bits per heavy atom. The highest BCUT2D eigenvalue weighted by molar-refractivity contribution is 5.68. The van der Waals surface area contributed by atoms with Crippen LogP contribution in [-0.4, -0.2) is 28.0 Å². The maximum absolute atomic E-state index is 13.9. The highest BCUT2D eigenvalue weighted by Crippen LogP contribution is 2.44. The molecule has 1 aliphatic carbocycles. The number of imidazole rings is 1. The van der Waals surface area contributed by atoms with Gasteiger partial charge in [0, 0.05) is 36.6 Å². The summed E-state index contributed by atoms with van der Waals surface area (Å²) < 4.78 is 52.1. The molecule has 0 radical (unpaired) electrons. The minimum atomic E-state index is -2.62. The van der Waals surface area contributed by atoms with Gasteiger partial charge in [0.25, 0.3) is 0 Å². The molecule has 0 aliphatic heterocycles. The number of halogens is 3. The zero-order valence-corrected chi connectivity index (χ0v) is 16.7. The summed E-state index contributed by atoms with van der Waals surface area (Å²) >= 11 is 0. The van der Waals surface area contributed by atoms with E-state index in [0.717, 1.165) is 11.1 Å². The smallest absolute Gasteiger partial charge is 0.248 e. The van der Waals surface area contributed by atoms with Crippen LogP contribution in [0.2, 0.25) is 0 Å². The molecule has 1 atom stereocenters. The molecule has 1 saturated carbocycles. The Labute approximate surface area is 172 Å². The van der Waals surface area contributed by atoms with Crippen molar-refractivity contribution in [3.05, 3.63) is 59.6 Å². The zero-order valence-electron chi connectivity index (χ0n) is 16.7. The van der Waals surface area contributed by atoms with E-state index in [9.17, 15) is 13.2 Å². The summed E-state index contributed by atoms with van der Waals surface area (Å²) in [5.41, 5.74) is 2.36. The molecule has 1 fully saturated rings. The molecule has 0 saturated heterocycles. The summed E-state index contributed by atoms with van der Waals surface area (Å²) in [5.74, 6) is -1.74. The molecule has 4 rings (SSSR count). The van der Waals surface area contributed by atoms with Gasteiger partial charge >= 0.3 is 0 Å². The van der Waals surface area contributed by atoms with Crippen molar-refractivity contribution in [2.45, 2.75) is 44.6 Å². The standard InChI is InChI=1S/C22H22F3N3O2/c1-13-7-17(23)19(26-10-13)12-30-15-3-4-16(20(8-15)29-2)18-11-27-21(28-18)14-5-6-22(24,25)9-14/h3-4,7-8,10-11,14H,5-6,9,12H2,1-2H3,(H,27,28). The van der Waals surface area contributed by atoms with Gasteiger partial charge in [0.1, 0.15) is 35.4 Å². The molecule has 5 nitrogen and oxygen atoms in total. The second-order valence-electron chi connectivity index (χ2n) is 7.57. The number of nitrogens with one attached hydrogen (secondary N) is 1. The first-order chi connectivity index (χ1) is 14.3. The molecule has 3 aromatic rings. The number of methoxy groups -OCH3 is 1. The predicted octanol–water partition coefficient (Wildman–Crippen LogP) is 5.41. The molecule has 1 aliphatic rings. The minimum Gasteiger partial charge on any atom is -0.496 e. The van der Waals surface area contributed by atoms with E-state index in [2.05, 4.69) is 15.0 Å². The molecule has 30 heavy (non-hydrogen) atoms. The average Bonchev–Trinajstić information content (AvgIpc) is 3.33. The van der Waals surface area contributed by atoms with E-state index in [4.69, 9.17) is 9.47 Å². The number of rotatable bonds is 6. The van der Waals surface area contributed by atoms with Crippen molar-refractivity contribution in [2.24, 2.45) is 0 Å². The third-order valence-electron chi connectivity index (χ3n) is 5.28. The first-order valence-electron chi connectivity index (χ1n) is 9.69. The van der Waals surface area contributed by atoms with Gasteiger partial charge in [-0.3, -0.25) is 4.98 Å². The average molecular weight is 417 g/mol. The van der Waals surface area contributed by atoms with Gasteiger partial charge in [-0.2, -0.15) is 0 Å². The van der Waals surface area contributed by atoms with Gasteiger partial charge in [0.05, 0.1) is 19.0 Å². The topological polar surface area (TPSA) is 60.0 Å². The van der Waals surface area contributed by atoms with Crippen LogP contribution in [0.3, 0.4) is 0 Å². The number of aryl methyl sites for hydroxylation is 1. The van der Waals surface area contributed by atoms with Gasteiger partial charge in [0.2, 0.25) is 5.92 Å². The fourth-order valence-corrected chi connectivity index (χ4v) is 3.67. The maximum Gasteiger partial charge on any atom is 0.248 e. The molecule has 0 spiro atoms. The predicted molar refractivity (Wildman–Crippen MR) is 105 cm³/mol. The normalized spacial score (nSPS) is 17.8. The quantitative estimate of drug-likeness (QED) is 0.583. The Morgan fingerprint density at radius 2 is 2.03 bits per heavy atom. The second kappa shape index (κ2) is 8.01. The number of benzene rings is 1. The van der Waals surface area contributed by atoms with Crippen LogP contribution in [0.5, 0.6) is 11.5 Å². The van der Waals surface area contributed by atoms with E-state index in [1.165, 1.54) is 13.2 Å². The van der Waals surface area contributed by atoms with Gasteiger partial charge in [-0.15, -0.1) is 0 Å². The molecule has 2 heterocycles. The van der Waals surface area contributed by atoms with Crippen LogP contribution in [0.15, 0.2) is 36.7 Å². The van der Waals surface area contributed by atoms with Crippen molar-refractivity contribution in [3.63, 3.8) is 0 Å². The first-order valence-corrected chi connectivity index (χ1v) is 9.69. The van der Waals surface area contributed by atoms with E-state index in [0.29, 0.717) is 29.4 Å². The fourth-order valence-electron chi connectivity index (χ4n) is 3.67. The molecule has 1 aromatic carbocycles. The molecule has 1 unspecified atom stereocenters. The lowest BCUT2D eigenvalue weighted by atomic mass is 10.1. The van der Waals surface area contributed by atoms with Gasteiger partial charge in [-0.25, -0.2) is 18.2 Å². The number of ether oxygens (including phenoxy) is 2. The fraction of sp³-hybridized carbons (Fsp3) is 0.364.